The van der Waals surface area contributed by atoms with E-state index in [-0.39, 0.29) is 10.6 Å². The number of aromatic nitrogens is 1. The van der Waals surface area contributed by atoms with Crippen molar-refractivity contribution >= 4 is 27.5 Å². The molecule has 0 saturated carbocycles. The maximum absolute atomic E-state index is 13.8. The molecule has 0 spiro atoms. The van der Waals surface area contributed by atoms with E-state index in [2.05, 4.69) is 15.9 Å². The SMILES string of the molecule is Cn1c(-c2c(F)cccc2Br)ccc(Cl)c1=O. The Kier molecular flexibility index (Phi) is 3.35. The van der Waals surface area contributed by atoms with Gasteiger partial charge in [0, 0.05) is 17.1 Å². The monoisotopic (exact) mass is 315 g/mol. The van der Waals surface area contributed by atoms with Crippen molar-refractivity contribution in [1.29, 1.82) is 0 Å². The highest BCUT2D eigenvalue weighted by atomic mass is 79.9. The van der Waals surface area contributed by atoms with E-state index in [4.69, 9.17) is 11.6 Å². The Balaban J connectivity index is 2.79. The number of halogens is 3. The third-order valence-corrected chi connectivity index (χ3v) is 3.43. The number of benzene rings is 1. The lowest BCUT2D eigenvalue weighted by Crippen LogP contribution is -2.18. The quantitative estimate of drug-likeness (QED) is 0.788. The molecular weight excluding hydrogens is 308 g/mol. The standard InChI is InChI=1S/C12H8BrClFNO/c1-16-10(6-5-8(14)12(16)17)11-7(13)3-2-4-9(11)15/h2-6H,1H3. The van der Waals surface area contributed by atoms with Gasteiger partial charge in [-0.2, -0.15) is 0 Å². The number of hydrogen-bond acceptors (Lipinski definition) is 1. The summed E-state index contributed by atoms with van der Waals surface area (Å²) >= 11 is 8.99. The van der Waals surface area contributed by atoms with Gasteiger partial charge in [0.1, 0.15) is 10.8 Å². The molecular formula is C12H8BrClFNO. The summed E-state index contributed by atoms with van der Waals surface area (Å²) in [6.45, 7) is 0. The summed E-state index contributed by atoms with van der Waals surface area (Å²) in [7, 11) is 1.56. The molecule has 0 fully saturated rings. The minimum Gasteiger partial charge on any atom is -0.310 e. The van der Waals surface area contributed by atoms with E-state index >= 15 is 0 Å². The molecule has 1 heterocycles. The van der Waals surface area contributed by atoms with Gasteiger partial charge < -0.3 is 4.57 Å². The Morgan fingerprint density at radius 1 is 1.29 bits per heavy atom. The molecule has 0 aliphatic carbocycles. The van der Waals surface area contributed by atoms with Crippen molar-refractivity contribution < 1.29 is 4.39 Å². The van der Waals surface area contributed by atoms with E-state index in [1.807, 2.05) is 0 Å². The second-order valence-electron chi connectivity index (χ2n) is 3.53. The zero-order valence-electron chi connectivity index (χ0n) is 8.88. The van der Waals surface area contributed by atoms with Crippen LogP contribution in [0.25, 0.3) is 11.3 Å². The Labute approximate surface area is 111 Å². The topological polar surface area (TPSA) is 22.0 Å². The van der Waals surface area contributed by atoms with E-state index in [0.717, 1.165) is 0 Å². The first-order valence-electron chi connectivity index (χ1n) is 4.82. The molecule has 0 unspecified atom stereocenters. The van der Waals surface area contributed by atoms with Gasteiger partial charge in [0.25, 0.3) is 5.56 Å². The molecule has 0 aliphatic rings. The highest BCUT2D eigenvalue weighted by molar-refractivity contribution is 9.10. The first kappa shape index (κ1) is 12.3. The summed E-state index contributed by atoms with van der Waals surface area (Å²) in [5.41, 5.74) is 0.479. The zero-order valence-corrected chi connectivity index (χ0v) is 11.2. The summed E-state index contributed by atoms with van der Waals surface area (Å²) in [6, 6.07) is 7.75. The van der Waals surface area contributed by atoms with E-state index in [1.165, 1.54) is 16.7 Å². The first-order chi connectivity index (χ1) is 8.02. The van der Waals surface area contributed by atoms with Gasteiger partial charge in [0.15, 0.2) is 0 Å². The van der Waals surface area contributed by atoms with Crippen molar-refractivity contribution in [3.05, 3.63) is 56.0 Å². The predicted octanol–water partition coefficient (Wildman–Crippen LogP) is 3.61. The number of pyridine rings is 1. The number of nitrogens with zero attached hydrogens (tertiary/aromatic N) is 1. The normalized spacial score (nSPS) is 10.6. The summed E-state index contributed by atoms with van der Waals surface area (Å²) in [5, 5.41) is 0.115. The van der Waals surface area contributed by atoms with Crippen LogP contribution in [0.3, 0.4) is 0 Å². The third-order valence-electron chi connectivity index (χ3n) is 2.48. The molecule has 0 atom stereocenters. The Morgan fingerprint density at radius 2 is 2.00 bits per heavy atom. The largest absolute Gasteiger partial charge is 0.310 e. The summed E-state index contributed by atoms with van der Waals surface area (Å²) < 4.78 is 15.7. The second kappa shape index (κ2) is 4.63. The van der Waals surface area contributed by atoms with Crippen LogP contribution in [-0.4, -0.2) is 4.57 Å². The lowest BCUT2D eigenvalue weighted by molar-refractivity contribution is 0.628. The van der Waals surface area contributed by atoms with Crippen LogP contribution in [0, 0.1) is 5.82 Å². The average Bonchev–Trinajstić information content (AvgIpc) is 2.29. The molecule has 0 saturated heterocycles. The van der Waals surface area contributed by atoms with Crippen LogP contribution in [0.15, 0.2) is 39.6 Å². The van der Waals surface area contributed by atoms with E-state index in [0.29, 0.717) is 15.7 Å². The van der Waals surface area contributed by atoms with Crippen LogP contribution in [0.1, 0.15) is 0 Å². The van der Waals surface area contributed by atoms with E-state index in [9.17, 15) is 9.18 Å². The van der Waals surface area contributed by atoms with Gasteiger partial charge >= 0.3 is 0 Å². The maximum Gasteiger partial charge on any atom is 0.269 e. The van der Waals surface area contributed by atoms with Crippen molar-refractivity contribution in [3.63, 3.8) is 0 Å². The van der Waals surface area contributed by atoms with Crippen molar-refractivity contribution in [2.24, 2.45) is 7.05 Å². The molecule has 1 aromatic carbocycles. The molecule has 0 aliphatic heterocycles. The molecule has 2 rings (SSSR count). The number of rotatable bonds is 1. The molecule has 0 radical (unpaired) electrons. The molecule has 0 bridgehead atoms. The first-order valence-corrected chi connectivity index (χ1v) is 5.99. The van der Waals surface area contributed by atoms with Crippen LogP contribution in [0.4, 0.5) is 4.39 Å². The molecule has 2 aromatic rings. The van der Waals surface area contributed by atoms with E-state index < -0.39 is 5.82 Å². The lowest BCUT2D eigenvalue weighted by atomic mass is 10.1. The van der Waals surface area contributed by atoms with Gasteiger partial charge in [0.05, 0.1) is 5.69 Å². The van der Waals surface area contributed by atoms with Gasteiger partial charge in [-0.25, -0.2) is 4.39 Å². The highest BCUT2D eigenvalue weighted by Gasteiger charge is 2.13. The summed E-state index contributed by atoms with van der Waals surface area (Å²) in [5.74, 6) is -0.392. The maximum atomic E-state index is 13.8. The molecule has 88 valence electrons. The van der Waals surface area contributed by atoms with Gasteiger partial charge in [0.2, 0.25) is 0 Å². The Hall–Kier alpha value is -1.13. The second-order valence-corrected chi connectivity index (χ2v) is 4.79. The van der Waals surface area contributed by atoms with Gasteiger partial charge in [-0.15, -0.1) is 0 Å². The third kappa shape index (κ3) is 2.15. The average molecular weight is 317 g/mol. The molecule has 0 amide bonds. The fraction of sp³-hybridized carbons (Fsp3) is 0.0833. The lowest BCUT2D eigenvalue weighted by Gasteiger charge is -2.11. The van der Waals surface area contributed by atoms with Crippen LogP contribution >= 0.6 is 27.5 Å². The highest BCUT2D eigenvalue weighted by Crippen LogP contribution is 2.30. The minimum absolute atomic E-state index is 0.115. The summed E-state index contributed by atoms with van der Waals surface area (Å²) in [4.78, 5) is 11.7. The van der Waals surface area contributed by atoms with Crippen LogP contribution in [0.5, 0.6) is 0 Å². The molecule has 0 N–H and O–H groups in total. The Morgan fingerprint density at radius 3 is 2.65 bits per heavy atom. The summed E-state index contributed by atoms with van der Waals surface area (Å²) in [6.07, 6.45) is 0. The van der Waals surface area contributed by atoms with Gasteiger partial charge in [-0.05, 0) is 40.2 Å². The molecule has 17 heavy (non-hydrogen) atoms. The van der Waals surface area contributed by atoms with Crippen LogP contribution in [-0.2, 0) is 7.05 Å². The number of hydrogen-bond donors (Lipinski definition) is 0. The van der Waals surface area contributed by atoms with Gasteiger partial charge in [-0.3, -0.25) is 4.79 Å². The minimum atomic E-state index is -0.392. The van der Waals surface area contributed by atoms with Crippen LogP contribution < -0.4 is 5.56 Å². The van der Waals surface area contributed by atoms with Gasteiger partial charge in [-0.1, -0.05) is 17.7 Å². The van der Waals surface area contributed by atoms with Crippen molar-refractivity contribution in [2.45, 2.75) is 0 Å². The van der Waals surface area contributed by atoms with E-state index in [1.54, 1.807) is 25.2 Å². The van der Waals surface area contributed by atoms with Crippen LogP contribution in [0.2, 0.25) is 5.02 Å². The zero-order chi connectivity index (χ0) is 12.6. The smallest absolute Gasteiger partial charge is 0.269 e. The molecule has 5 heteroatoms. The Bertz CT molecular complexity index is 619. The van der Waals surface area contributed by atoms with Crippen molar-refractivity contribution in [3.8, 4) is 11.3 Å². The van der Waals surface area contributed by atoms with Crippen molar-refractivity contribution in [2.75, 3.05) is 0 Å². The fourth-order valence-electron chi connectivity index (χ4n) is 1.60. The molecule has 2 nitrogen and oxygen atoms in total. The fourth-order valence-corrected chi connectivity index (χ4v) is 2.33. The molecule has 1 aromatic heterocycles. The van der Waals surface area contributed by atoms with Crippen molar-refractivity contribution in [1.82, 2.24) is 4.57 Å². The predicted molar refractivity (Wildman–Crippen MR) is 69.8 cm³/mol.